The molecule has 43 heavy (non-hydrogen) atoms. The summed E-state index contributed by atoms with van der Waals surface area (Å²) in [6, 6.07) is 19.1. The van der Waals surface area contributed by atoms with Crippen LogP contribution < -0.4 is 26.8 Å². The molecule has 0 radical (unpaired) electrons. The Hall–Kier alpha value is -5.14. The highest BCUT2D eigenvalue weighted by molar-refractivity contribution is 6.31. The fourth-order valence-corrected chi connectivity index (χ4v) is 4.55. The van der Waals surface area contributed by atoms with Crippen molar-refractivity contribution in [2.75, 3.05) is 10.3 Å². The Labute approximate surface area is 247 Å². The number of carbonyl (C=O) groups excluding carboxylic acids is 1. The van der Waals surface area contributed by atoms with Crippen LogP contribution in [0.1, 0.15) is 22.0 Å². The molecule has 1 aliphatic heterocycles. The van der Waals surface area contributed by atoms with Crippen LogP contribution in [0.15, 0.2) is 102 Å². The molecular weight excluding hydrogens is 589 g/mol. The van der Waals surface area contributed by atoms with Gasteiger partial charge in [0.05, 0.1) is 29.5 Å². The zero-order valence-electron chi connectivity index (χ0n) is 22.0. The third-order valence-electron chi connectivity index (χ3n) is 6.51. The predicted octanol–water partition coefficient (Wildman–Crippen LogP) is 4.92. The molecule has 1 atom stereocenters. The second-order valence-corrected chi connectivity index (χ2v) is 9.84. The number of carboxylic acid groups (broad SMARTS) is 1. The fraction of sp³-hybridized carbons (Fsp3) is 0.103. The van der Waals surface area contributed by atoms with E-state index in [-0.39, 0.29) is 34.0 Å². The van der Waals surface area contributed by atoms with Gasteiger partial charge in [-0.3, -0.25) is 24.6 Å². The fourth-order valence-electron chi connectivity index (χ4n) is 4.38. The van der Waals surface area contributed by atoms with E-state index in [9.17, 15) is 27.6 Å². The van der Waals surface area contributed by atoms with Crippen LogP contribution in [-0.4, -0.2) is 32.7 Å². The third kappa shape index (κ3) is 6.68. The number of carbonyl (C=O) groups is 2. The SMILES string of the molecule is O=C(O)c1ccc(NC(=O)[C@H](Cc2ccccc2)n2cnc(-c3cc(Cl)ccc3N3C=C(C(F)(F)F)NN3)cc2=O)cc1. The summed E-state index contributed by atoms with van der Waals surface area (Å²) in [6.07, 6.45) is -2.50. The van der Waals surface area contributed by atoms with Crippen molar-refractivity contribution in [3.63, 3.8) is 0 Å². The molecule has 14 heteroatoms. The maximum absolute atomic E-state index is 13.5. The highest BCUT2D eigenvalue weighted by atomic mass is 35.5. The number of aromatic nitrogens is 2. The summed E-state index contributed by atoms with van der Waals surface area (Å²) < 4.78 is 40.7. The van der Waals surface area contributed by atoms with E-state index in [0.717, 1.165) is 21.3 Å². The second-order valence-electron chi connectivity index (χ2n) is 9.41. The van der Waals surface area contributed by atoms with Crippen LogP contribution in [0.3, 0.4) is 0 Å². The van der Waals surface area contributed by atoms with Crippen molar-refractivity contribution in [3.05, 3.63) is 124 Å². The molecule has 1 amide bonds. The normalized spacial score (nSPS) is 13.7. The molecule has 0 saturated heterocycles. The average Bonchev–Trinajstić information content (AvgIpc) is 3.48. The average molecular weight is 611 g/mol. The number of nitrogens with zero attached hydrogens (tertiary/aromatic N) is 3. The van der Waals surface area contributed by atoms with Crippen LogP contribution in [0.4, 0.5) is 24.5 Å². The first kappa shape index (κ1) is 29.4. The highest BCUT2D eigenvalue weighted by Gasteiger charge is 2.38. The van der Waals surface area contributed by atoms with Gasteiger partial charge in [-0.15, -0.1) is 5.53 Å². The minimum Gasteiger partial charge on any atom is -0.478 e. The summed E-state index contributed by atoms with van der Waals surface area (Å²) in [5.41, 5.74) is 4.56. The first-order valence-corrected chi connectivity index (χ1v) is 13.0. The molecular formula is C29H22ClF3N6O4. The van der Waals surface area contributed by atoms with Gasteiger partial charge in [0, 0.05) is 28.8 Å². The van der Waals surface area contributed by atoms with Crippen LogP contribution in [0, 0.1) is 0 Å². The number of aromatic carboxylic acids is 1. The Balaban J connectivity index is 1.49. The van der Waals surface area contributed by atoms with Gasteiger partial charge in [0.2, 0.25) is 5.91 Å². The lowest BCUT2D eigenvalue weighted by Gasteiger charge is -2.21. The van der Waals surface area contributed by atoms with Gasteiger partial charge < -0.3 is 10.4 Å². The molecule has 0 unspecified atom stereocenters. The van der Waals surface area contributed by atoms with E-state index in [1.807, 2.05) is 6.07 Å². The van der Waals surface area contributed by atoms with Crippen molar-refractivity contribution in [1.29, 1.82) is 0 Å². The Morgan fingerprint density at radius 3 is 2.37 bits per heavy atom. The molecule has 1 aliphatic rings. The van der Waals surface area contributed by atoms with E-state index in [1.165, 1.54) is 54.9 Å². The molecule has 220 valence electrons. The molecule has 10 nitrogen and oxygen atoms in total. The van der Waals surface area contributed by atoms with Crippen LogP contribution >= 0.6 is 11.6 Å². The van der Waals surface area contributed by atoms with Crippen LogP contribution in [-0.2, 0) is 11.2 Å². The zero-order valence-corrected chi connectivity index (χ0v) is 22.7. The first-order chi connectivity index (χ1) is 20.5. The quantitative estimate of drug-likeness (QED) is 0.221. The van der Waals surface area contributed by atoms with Gasteiger partial charge >= 0.3 is 12.1 Å². The molecule has 0 bridgehead atoms. The van der Waals surface area contributed by atoms with Crippen molar-refractivity contribution in [1.82, 2.24) is 20.5 Å². The number of alkyl halides is 3. The van der Waals surface area contributed by atoms with Gasteiger partial charge in [-0.05, 0) is 48.0 Å². The summed E-state index contributed by atoms with van der Waals surface area (Å²) in [7, 11) is 0. The number of allylic oxidation sites excluding steroid dienone is 1. The standard InChI is InChI=1S/C29H22ClF3N6O4/c30-19-8-11-23(39-15-25(36-37-39)29(31,32)33)21(13-19)22-14-26(40)38(16-34-22)24(12-17-4-2-1-3-5-17)27(41)35-20-9-6-18(7-10-20)28(42)43/h1-11,13-16,24,36-37H,12H2,(H,35,41)(H,42,43)/t24-/m0/s1. The summed E-state index contributed by atoms with van der Waals surface area (Å²) in [5.74, 6) is -1.67. The molecule has 0 aliphatic carbocycles. The van der Waals surface area contributed by atoms with Crippen molar-refractivity contribution in [2.24, 2.45) is 0 Å². The number of halogens is 4. The summed E-state index contributed by atoms with van der Waals surface area (Å²) in [5, 5.41) is 13.2. The van der Waals surface area contributed by atoms with Gasteiger partial charge in [0.15, 0.2) is 5.70 Å². The maximum Gasteiger partial charge on any atom is 0.433 e. The van der Waals surface area contributed by atoms with Crippen LogP contribution in [0.2, 0.25) is 5.02 Å². The van der Waals surface area contributed by atoms with E-state index >= 15 is 0 Å². The number of hydrogen-bond donors (Lipinski definition) is 4. The summed E-state index contributed by atoms with van der Waals surface area (Å²) in [4.78, 5) is 42.5. The van der Waals surface area contributed by atoms with Crippen molar-refractivity contribution >= 4 is 34.9 Å². The minimum atomic E-state index is -4.63. The number of rotatable bonds is 8. The third-order valence-corrected chi connectivity index (χ3v) is 6.75. The molecule has 5 rings (SSSR count). The van der Waals surface area contributed by atoms with Crippen LogP contribution in [0.5, 0.6) is 0 Å². The smallest absolute Gasteiger partial charge is 0.433 e. The number of hydrogen-bond acceptors (Lipinski definition) is 7. The van der Waals surface area contributed by atoms with Gasteiger partial charge in [0.1, 0.15) is 6.04 Å². The molecule has 4 N–H and O–H groups in total. The number of anilines is 2. The maximum atomic E-state index is 13.5. The number of benzene rings is 3. The lowest BCUT2D eigenvalue weighted by Crippen LogP contribution is -2.38. The van der Waals surface area contributed by atoms with Gasteiger partial charge in [-0.2, -0.15) is 13.2 Å². The van der Waals surface area contributed by atoms with Gasteiger partial charge in [-0.25, -0.2) is 9.78 Å². The number of carboxylic acids is 1. The topological polar surface area (TPSA) is 129 Å². The molecule has 1 aromatic heterocycles. The first-order valence-electron chi connectivity index (χ1n) is 12.7. The van der Waals surface area contributed by atoms with Crippen LogP contribution in [0.25, 0.3) is 11.3 Å². The number of amides is 1. The van der Waals surface area contributed by atoms with E-state index in [0.29, 0.717) is 5.69 Å². The Bertz CT molecular complexity index is 1760. The predicted molar refractivity (Wildman–Crippen MR) is 153 cm³/mol. The Morgan fingerprint density at radius 2 is 1.74 bits per heavy atom. The molecule has 0 fully saturated rings. The summed E-state index contributed by atoms with van der Waals surface area (Å²) in [6.45, 7) is 0. The van der Waals surface area contributed by atoms with Crippen molar-refractivity contribution in [2.45, 2.75) is 18.6 Å². The molecule has 3 aromatic carbocycles. The summed E-state index contributed by atoms with van der Waals surface area (Å²) >= 11 is 6.19. The monoisotopic (exact) mass is 610 g/mol. The van der Waals surface area contributed by atoms with Crippen molar-refractivity contribution < 1.29 is 27.9 Å². The molecule has 0 spiro atoms. The Morgan fingerprint density at radius 1 is 1.02 bits per heavy atom. The molecule has 2 heterocycles. The lowest BCUT2D eigenvalue weighted by molar-refractivity contribution is -0.119. The van der Waals surface area contributed by atoms with E-state index in [4.69, 9.17) is 16.7 Å². The van der Waals surface area contributed by atoms with E-state index in [2.05, 4.69) is 21.3 Å². The number of nitrogens with one attached hydrogen (secondary N) is 3. The second kappa shape index (κ2) is 12.0. The van der Waals surface area contributed by atoms with E-state index < -0.39 is 35.4 Å². The number of hydrazine groups is 2. The van der Waals surface area contributed by atoms with Gasteiger partial charge in [-0.1, -0.05) is 41.9 Å². The van der Waals surface area contributed by atoms with Gasteiger partial charge in [0.25, 0.3) is 5.56 Å². The highest BCUT2D eigenvalue weighted by Crippen LogP contribution is 2.34. The molecule has 4 aromatic rings. The van der Waals surface area contributed by atoms with Crippen molar-refractivity contribution in [3.8, 4) is 11.3 Å². The minimum absolute atomic E-state index is 0.0419. The lowest BCUT2D eigenvalue weighted by atomic mass is 10.0. The zero-order chi connectivity index (χ0) is 30.7. The molecule has 0 saturated carbocycles. The largest absolute Gasteiger partial charge is 0.478 e. The Kier molecular flexibility index (Phi) is 8.19. The van der Waals surface area contributed by atoms with E-state index in [1.54, 1.807) is 24.3 Å².